The molecule has 0 saturated heterocycles. The average molecular weight is 287 g/mol. The predicted octanol–water partition coefficient (Wildman–Crippen LogP) is 1.63. The number of hydrogen-bond acceptors (Lipinski definition) is 4. The summed E-state index contributed by atoms with van der Waals surface area (Å²) in [5.74, 6) is 1.15. The third-order valence-corrected chi connectivity index (χ3v) is 3.80. The van der Waals surface area contributed by atoms with Crippen LogP contribution >= 0.6 is 0 Å². The summed E-state index contributed by atoms with van der Waals surface area (Å²) >= 11 is 0. The number of ether oxygens (including phenoxy) is 2. The van der Waals surface area contributed by atoms with Crippen LogP contribution in [0.15, 0.2) is 24.3 Å². The molecule has 5 nitrogen and oxygen atoms in total. The van der Waals surface area contributed by atoms with E-state index in [2.05, 4.69) is 0 Å². The molecule has 0 aliphatic rings. The normalized spacial score (nSPS) is 13.3. The van der Waals surface area contributed by atoms with Gasteiger partial charge in [-0.25, -0.2) is 13.6 Å². The largest absolute Gasteiger partial charge is 0.493 e. The van der Waals surface area contributed by atoms with Gasteiger partial charge < -0.3 is 9.47 Å². The second-order valence-corrected chi connectivity index (χ2v) is 6.45. The summed E-state index contributed by atoms with van der Waals surface area (Å²) in [7, 11) is -1.94. The van der Waals surface area contributed by atoms with E-state index in [9.17, 15) is 8.42 Å². The Hall–Kier alpha value is -1.27. The smallest absolute Gasteiger partial charge is 0.209 e. The van der Waals surface area contributed by atoms with Crippen LogP contribution in [0.4, 0.5) is 0 Å². The van der Waals surface area contributed by atoms with Crippen LogP contribution in [-0.2, 0) is 10.0 Å². The van der Waals surface area contributed by atoms with Crippen molar-refractivity contribution in [2.75, 3.05) is 19.5 Å². The van der Waals surface area contributed by atoms with Crippen LogP contribution in [-0.4, -0.2) is 27.9 Å². The maximum absolute atomic E-state index is 11.2. The van der Waals surface area contributed by atoms with Crippen molar-refractivity contribution in [3.8, 4) is 11.5 Å². The molecule has 0 fully saturated rings. The van der Waals surface area contributed by atoms with Crippen molar-refractivity contribution in [3.05, 3.63) is 24.3 Å². The van der Waals surface area contributed by atoms with Gasteiger partial charge >= 0.3 is 0 Å². The fourth-order valence-corrected chi connectivity index (χ4v) is 2.74. The van der Waals surface area contributed by atoms with Gasteiger partial charge in [0.05, 0.1) is 19.5 Å². The van der Waals surface area contributed by atoms with E-state index in [0.29, 0.717) is 11.5 Å². The molecule has 0 heterocycles. The Labute approximate surface area is 114 Å². The van der Waals surface area contributed by atoms with Gasteiger partial charge in [-0.1, -0.05) is 26.0 Å². The number of benzene rings is 1. The molecular formula is C13H21NO4S. The number of methoxy groups -OCH3 is 1. The first-order valence-corrected chi connectivity index (χ1v) is 7.81. The van der Waals surface area contributed by atoms with Gasteiger partial charge in [0.1, 0.15) is 0 Å². The lowest BCUT2D eigenvalue weighted by atomic mass is 9.99. The highest BCUT2D eigenvalue weighted by Gasteiger charge is 2.20. The van der Waals surface area contributed by atoms with E-state index in [4.69, 9.17) is 14.6 Å². The monoisotopic (exact) mass is 287 g/mol. The number of sulfonamides is 1. The fraction of sp³-hybridized carbons (Fsp3) is 0.538. The molecule has 0 spiro atoms. The zero-order chi connectivity index (χ0) is 14.5. The Balaban J connectivity index is 2.71. The van der Waals surface area contributed by atoms with Gasteiger partial charge in [-0.15, -0.1) is 0 Å². The van der Waals surface area contributed by atoms with E-state index in [0.717, 1.165) is 0 Å². The topological polar surface area (TPSA) is 78.6 Å². The lowest BCUT2D eigenvalue weighted by Crippen LogP contribution is -2.30. The highest BCUT2D eigenvalue weighted by atomic mass is 32.2. The summed E-state index contributed by atoms with van der Waals surface area (Å²) in [6, 6.07) is 7.25. The molecule has 1 rings (SSSR count). The van der Waals surface area contributed by atoms with Crippen molar-refractivity contribution in [3.63, 3.8) is 0 Å². The van der Waals surface area contributed by atoms with Gasteiger partial charge in [0.2, 0.25) is 10.0 Å². The van der Waals surface area contributed by atoms with Gasteiger partial charge in [0.15, 0.2) is 11.5 Å². The lowest BCUT2D eigenvalue weighted by molar-refractivity contribution is 0.217. The first-order valence-electron chi connectivity index (χ1n) is 6.09. The standard InChI is InChI=1S/C13H21NO4S/c1-10(2)11(9-19(14,15)16)8-18-13-7-5-4-6-12(13)17-3/h4-7,10-11H,8-9H2,1-3H3,(H2,14,15,16). The van der Waals surface area contributed by atoms with Gasteiger partial charge in [-0.2, -0.15) is 0 Å². The third kappa shape index (κ3) is 5.48. The number of para-hydroxylation sites is 2. The average Bonchev–Trinajstić information content (AvgIpc) is 2.33. The maximum atomic E-state index is 11.2. The highest BCUT2D eigenvalue weighted by molar-refractivity contribution is 7.89. The number of hydrogen-bond donors (Lipinski definition) is 1. The summed E-state index contributed by atoms with van der Waals surface area (Å²) in [4.78, 5) is 0. The second kappa shape index (κ2) is 6.77. The van der Waals surface area contributed by atoms with E-state index in [1.807, 2.05) is 26.0 Å². The van der Waals surface area contributed by atoms with E-state index < -0.39 is 10.0 Å². The van der Waals surface area contributed by atoms with Crippen LogP contribution in [0.3, 0.4) is 0 Å². The first kappa shape index (κ1) is 15.8. The van der Waals surface area contributed by atoms with E-state index in [1.54, 1.807) is 19.2 Å². The molecule has 19 heavy (non-hydrogen) atoms. The van der Waals surface area contributed by atoms with E-state index in [-0.39, 0.29) is 24.2 Å². The summed E-state index contributed by atoms with van der Waals surface area (Å²) in [6.45, 7) is 4.18. The molecule has 0 aliphatic heterocycles. The molecule has 0 radical (unpaired) electrons. The van der Waals surface area contributed by atoms with Crippen molar-refractivity contribution in [1.29, 1.82) is 0 Å². The SMILES string of the molecule is COc1ccccc1OCC(CS(N)(=O)=O)C(C)C. The lowest BCUT2D eigenvalue weighted by Gasteiger charge is -2.20. The second-order valence-electron chi connectivity index (χ2n) is 4.80. The predicted molar refractivity (Wildman–Crippen MR) is 74.8 cm³/mol. The third-order valence-electron chi connectivity index (χ3n) is 2.91. The molecule has 0 aromatic heterocycles. The van der Waals surface area contributed by atoms with Crippen molar-refractivity contribution in [1.82, 2.24) is 0 Å². The molecule has 1 aromatic carbocycles. The van der Waals surface area contributed by atoms with Crippen molar-refractivity contribution >= 4 is 10.0 Å². The minimum atomic E-state index is -3.50. The molecule has 1 aromatic rings. The zero-order valence-corrected chi connectivity index (χ0v) is 12.3. The molecule has 0 saturated carbocycles. The van der Waals surface area contributed by atoms with E-state index in [1.165, 1.54) is 0 Å². The van der Waals surface area contributed by atoms with Gasteiger partial charge in [-0.05, 0) is 18.1 Å². The molecule has 1 unspecified atom stereocenters. The Morgan fingerprint density at radius 1 is 1.21 bits per heavy atom. The Bertz CT molecular complexity index is 499. The van der Waals surface area contributed by atoms with Crippen LogP contribution in [0.2, 0.25) is 0 Å². The number of rotatable bonds is 7. The summed E-state index contributed by atoms with van der Waals surface area (Å²) in [5.41, 5.74) is 0. The molecule has 0 aliphatic carbocycles. The summed E-state index contributed by atoms with van der Waals surface area (Å²) in [5, 5.41) is 5.09. The van der Waals surface area contributed by atoms with Crippen molar-refractivity contribution in [2.24, 2.45) is 17.0 Å². The minimum Gasteiger partial charge on any atom is -0.493 e. The van der Waals surface area contributed by atoms with Crippen LogP contribution in [0.5, 0.6) is 11.5 Å². The number of nitrogens with two attached hydrogens (primary N) is 1. The Morgan fingerprint density at radius 2 is 1.79 bits per heavy atom. The number of primary sulfonamides is 1. The molecule has 6 heteroatoms. The molecular weight excluding hydrogens is 266 g/mol. The highest BCUT2D eigenvalue weighted by Crippen LogP contribution is 2.27. The Kier molecular flexibility index (Phi) is 5.62. The first-order chi connectivity index (χ1) is 8.83. The van der Waals surface area contributed by atoms with Crippen LogP contribution in [0, 0.1) is 11.8 Å². The summed E-state index contributed by atoms with van der Waals surface area (Å²) < 4.78 is 33.2. The molecule has 108 valence electrons. The maximum Gasteiger partial charge on any atom is 0.209 e. The summed E-state index contributed by atoms with van der Waals surface area (Å²) in [6.07, 6.45) is 0. The van der Waals surface area contributed by atoms with Crippen LogP contribution in [0.25, 0.3) is 0 Å². The van der Waals surface area contributed by atoms with Crippen LogP contribution < -0.4 is 14.6 Å². The van der Waals surface area contributed by atoms with Crippen molar-refractivity contribution in [2.45, 2.75) is 13.8 Å². The van der Waals surface area contributed by atoms with E-state index >= 15 is 0 Å². The van der Waals surface area contributed by atoms with Gasteiger partial charge in [-0.3, -0.25) is 0 Å². The molecule has 2 N–H and O–H groups in total. The van der Waals surface area contributed by atoms with Crippen LogP contribution in [0.1, 0.15) is 13.8 Å². The van der Waals surface area contributed by atoms with Gasteiger partial charge in [0, 0.05) is 5.92 Å². The zero-order valence-electron chi connectivity index (χ0n) is 11.5. The molecule has 0 bridgehead atoms. The molecule has 1 atom stereocenters. The van der Waals surface area contributed by atoms with Crippen molar-refractivity contribution < 1.29 is 17.9 Å². The Morgan fingerprint density at radius 3 is 2.26 bits per heavy atom. The minimum absolute atomic E-state index is 0.0835. The van der Waals surface area contributed by atoms with Gasteiger partial charge in [0.25, 0.3) is 0 Å². The molecule has 0 amide bonds. The quantitative estimate of drug-likeness (QED) is 0.826. The fourth-order valence-electron chi connectivity index (χ4n) is 1.67.